The second kappa shape index (κ2) is 9.19. The molecule has 5 heteroatoms. The molecule has 4 saturated carbocycles. The van der Waals surface area contributed by atoms with Crippen LogP contribution in [-0.2, 0) is 11.3 Å². The number of hydrogen-bond acceptors (Lipinski definition) is 4. The van der Waals surface area contributed by atoms with Crippen molar-refractivity contribution in [1.82, 2.24) is 9.78 Å². The molecule has 10 atom stereocenters. The Labute approximate surface area is 212 Å². The lowest BCUT2D eigenvalue weighted by Gasteiger charge is -2.64. The van der Waals surface area contributed by atoms with Crippen molar-refractivity contribution in [3.05, 3.63) is 18.0 Å². The van der Waals surface area contributed by atoms with E-state index in [9.17, 15) is 10.2 Å². The van der Waals surface area contributed by atoms with Gasteiger partial charge < -0.3 is 14.9 Å². The molecule has 4 aliphatic rings. The normalized spacial score (nSPS) is 44.9. The Morgan fingerprint density at radius 3 is 2.66 bits per heavy atom. The van der Waals surface area contributed by atoms with Crippen LogP contribution < -0.4 is 0 Å². The van der Waals surface area contributed by atoms with Gasteiger partial charge in [-0.05, 0) is 105 Å². The first-order valence-electron chi connectivity index (χ1n) is 14.0. The molecule has 0 amide bonds. The molecule has 4 fully saturated rings. The summed E-state index contributed by atoms with van der Waals surface area (Å²) in [5.41, 5.74) is -0.539. The van der Waals surface area contributed by atoms with Gasteiger partial charge in [0.1, 0.15) is 0 Å². The Kier molecular flexibility index (Phi) is 6.65. The van der Waals surface area contributed by atoms with Crippen molar-refractivity contribution in [3.63, 3.8) is 0 Å². The zero-order chi connectivity index (χ0) is 25.0. The van der Waals surface area contributed by atoms with Crippen molar-refractivity contribution < 1.29 is 14.9 Å². The van der Waals surface area contributed by atoms with Gasteiger partial charge in [0.15, 0.2) is 0 Å². The molecule has 1 aromatic rings. The van der Waals surface area contributed by atoms with Crippen LogP contribution in [-0.4, -0.2) is 44.9 Å². The summed E-state index contributed by atoms with van der Waals surface area (Å²) in [5.74, 6) is 7.16. The molecular weight excluding hydrogens is 436 g/mol. The minimum absolute atomic E-state index is 0.142. The first-order valence-corrected chi connectivity index (χ1v) is 14.0. The highest BCUT2D eigenvalue weighted by Crippen LogP contribution is 2.66. The molecule has 0 aromatic carbocycles. The third-order valence-electron chi connectivity index (χ3n) is 11.2. The summed E-state index contributed by atoms with van der Waals surface area (Å²) in [5, 5.41) is 27.4. The maximum atomic E-state index is 11.9. The molecule has 194 valence electrons. The number of aliphatic hydroxyl groups is 2. The molecule has 35 heavy (non-hydrogen) atoms. The molecule has 0 saturated heterocycles. The van der Waals surface area contributed by atoms with Gasteiger partial charge in [0.25, 0.3) is 0 Å². The Hall–Kier alpha value is -1.35. The maximum Gasteiger partial charge on any atom is 0.0882 e. The lowest BCUT2D eigenvalue weighted by molar-refractivity contribution is -0.187. The predicted octanol–water partition coefficient (Wildman–Crippen LogP) is 4.90. The molecular formula is C30H46N2O3. The molecule has 1 heterocycles. The van der Waals surface area contributed by atoms with Crippen LogP contribution in [0, 0.1) is 59.2 Å². The highest BCUT2D eigenvalue weighted by molar-refractivity contribution is 5.26. The average Bonchev–Trinajstić information content (AvgIpc) is 3.24. The number of rotatable bonds is 5. The minimum Gasteiger partial charge on any atom is -0.388 e. The summed E-state index contributed by atoms with van der Waals surface area (Å²) in [7, 11) is 1.71. The van der Waals surface area contributed by atoms with E-state index >= 15 is 0 Å². The number of nitrogens with zero attached hydrogens (tertiary/aromatic N) is 2. The van der Waals surface area contributed by atoms with Gasteiger partial charge in [-0.1, -0.05) is 26.2 Å². The minimum atomic E-state index is -0.823. The molecule has 1 aromatic heterocycles. The van der Waals surface area contributed by atoms with Gasteiger partial charge in [-0.15, -0.1) is 6.42 Å². The van der Waals surface area contributed by atoms with E-state index in [0.717, 1.165) is 49.0 Å². The van der Waals surface area contributed by atoms with Gasteiger partial charge in [0.05, 0.1) is 36.1 Å². The Morgan fingerprint density at radius 1 is 1.17 bits per heavy atom. The van der Waals surface area contributed by atoms with Crippen molar-refractivity contribution in [1.29, 1.82) is 0 Å². The smallest absolute Gasteiger partial charge is 0.0882 e. The first kappa shape index (κ1) is 25.3. The van der Waals surface area contributed by atoms with Crippen molar-refractivity contribution in [2.75, 3.05) is 13.7 Å². The molecule has 0 spiro atoms. The number of aromatic nitrogens is 2. The average molecular weight is 483 g/mol. The summed E-state index contributed by atoms with van der Waals surface area (Å²) >= 11 is 0. The van der Waals surface area contributed by atoms with Crippen molar-refractivity contribution in [2.24, 2.45) is 46.8 Å². The van der Waals surface area contributed by atoms with Crippen LogP contribution in [0.5, 0.6) is 0 Å². The fraction of sp³-hybridized carbons (Fsp3) is 0.833. The van der Waals surface area contributed by atoms with E-state index in [1.807, 2.05) is 17.8 Å². The fourth-order valence-electron chi connectivity index (χ4n) is 10.0. The summed E-state index contributed by atoms with van der Waals surface area (Å²) in [6.45, 7) is 7.98. The number of terminal acetylenes is 1. The standard InChI is InChI=1S/C30H46N2O3/c1-6-21-16-31-32(17-21)18-29(4,33)26-10-7-20(2)27-25-9-8-22-15-30(34,19-35-5)14-12-23(22)24(25)11-13-28(26,27)3/h1,16-17,20,22-27,33-34H,7-15,18-19H2,2-5H3/t20-,22-,23+,24-,25-,26+,27+,28-,29-,30-/m1/s1. The largest absolute Gasteiger partial charge is 0.388 e. The third kappa shape index (κ3) is 4.38. The number of hydrogen-bond donors (Lipinski definition) is 2. The summed E-state index contributed by atoms with van der Waals surface area (Å²) < 4.78 is 7.21. The highest BCUT2D eigenvalue weighted by Gasteiger charge is 2.60. The van der Waals surface area contributed by atoms with Crippen LogP contribution in [0.4, 0.5) is 0 Å². The predicted molar refractivity (Wildman–Crippen MR) is 137 cm³/mol. The van der Waals surface area contributed by atoms with Crippen molar-refractivity contribution in [3.8, 4) is 12.3 Å². The molecule has 0 unspecified atom stereocenters. The van der Waals surface area contributed by atoms with E-state index in [1.54, 1.807) is 13.3 Å². The zero-order valence-corrected chi connectivity index (χ0v) is 22.2. The first-order chi connectivity index (χ1) is 16.6. The monoisotopic (exact) mass is 482 g/mol. The number of methoxy groups -OCH3 is 1. The van der Waals surface area contributed by atoms with Crippen molar-refractivity contribution >= 4 is 0 Å². The van der Waals surface area contributed by atoms with Gasteiger partial charge >= 0.3 is 0 Å². The van der Waals surface area contributed by atoms with Gasteiger partial charge in [0, 0.05) is 13.3 Å². The molecule has 5 nitrogen and oxygen atoms in total. The van der Waals surface area contributed by atoms with Gasteiger partial charge in [-0.25, -0.2) is 0 Å². The van der Waals surface area contributed by atoms with E-state index in [1.165, 1.54) is 32.1 Å². The van der Waals surface area contributed by atoms with Crippen LogP contribution >= 0.6 is 0 Å². The molecule has 5 rings (SSSR count). The third-order valence-corrected chi connectivity index (χ3v) is 11.2. The topological polar surface area (TPSA) is 67.5 Å². The zero-order valence-electron chi connectivity index (χ0n) is 22.2. The Morgan fingerprint density at radius 2 is 1.94 bits per heavy atom. The Bertz CT molecular complexity index is 950. The number of ether oxygens (including phenoxy) is 1. The van der Waals surface area contributed by atoms with E-state index in [2.05, 4.69) is 24.9 Å². The fourth-order valence-corrected chi connectivity index (χ4v) is 10.0. The van der Waals surface area contributed by atoms with Crippen LogP contribution in [0.1, 0.15) is 84.1 Å². The lowest BCUT2D eigenvalue weighted by atomic mass is 9.41. The summed E-state index contributed by atoms with van der Waals surface area (Å²) in [4.78, 5) is 0. The van der Waals surface area contributed by atoms with Crippen LogP contribution in [0.15, 0.2) is 12.4 Å². The molecule has 0 bridgehead atoms. The van der Waals surface area contributed by atoms with Crippen LogP contribution in [0.3, 0.4) is 0 Å². The summed E-state index contributed by atoms with van der Waals surface area (Å²) in [6, 6.07) is 0. The van der Waals surface area contributed by atoms with Gasteiger partial charge in [-0.2, -0.15) is 5.10 Å². The number of fused-ring (bicyclic) bond motifs is 5. The lowest BCUT2D eigenvalue weighted by Crippen LogP contribution is -2.60. The van der Waals surface area contributed by atoms with E-state index < -0.39 is 11.2 Å². The summed E-state index contributed by atoms with van der Waals surface area (Å²) in [6.07, 6.45) is 19.3. The molecule has 2 N–H and O–H groups in total. The quantitative estimate of drug-likeness (QED) is 0.586. The van der Waals surface area contributed by atoms with E-state index in [4.69, 9.17) is 11.2 Å². The van der Waals surface area contributed by atoms with Crippen molar-refractivity contribution in [2.45, 2.75) is 96.3 Å². The molecule has 4 aliphatic carbocycles. The second-order valence-electron chi connectivity index (χ2n) is 13.3. The molecule has 0 radical (unpaired) electrons. The van der Waals surface area contributed by atoms with Gasteiger partial charge in [-0.3, -0.25) is 4.68 Å². The van der Waals surface area contributed by atoms with Gasteiger partial charge in [0.2, 0.25) is 0 Å². The van der Waals surface area contributed by atoms with E-state index in [-0.39, 0.29) is 11.3 Å². The second-order valence-corrected chi connectivity index (χ2v) is 13.3. The molecule has 0 aliphatic heterocycles. The van der Waals surface area contributed by atoms with E-state index in [0.29, 0.717) is 30.9 Å². The highest BCUT2D eigenvalue weighted by atomic mass is 16.5. The van der Waals surface area contributed by atoms with Crippen LogP contribution in [0.25, 0.3) is 0 Å². The SMILES string of the molecule is C#Cc1cnn(C[C@@](C)(O)[C@H]2CC[C@@H](C)[C@H]3[C@@H]4CC[C@@H]5C[C@@](O)(COC)CC[C@@H]5[C@H]4CC[C@@]32C)c1. The van der Waals surface area contributed by atoms with Crippen LogP contribution in [0.2, 0.25) is 0 Å². The maximum absolute atomic E-state index is 11.9. The Balaban J connectivity index is 1.36.